The summed E-state index contributed by atoms with van der Waals surface area (Å²) in [6.45, 7) is 0. The van der Waals surface area contributed by atoms with Gasteiger partial charge in [0.05, 0.1) is 7.11 Å². The summed E-state index contributed by atoms with van der Waals surface area (Å²) in [6, 6.07) is 16.8. The maximum Gasteiger partial charge on any atom is 0.336 e. The minimum absolute atomic E-state index is 0.379. The second-order valence-electron chi connectivity index (χ2n) is 4.18. The van der Waals surface area contributed by atoms with E-state index in [2.05, 4.69) is 0 Å². The second kappa shape index (κ2) is 4.61. The van der Waals surface area contributed by atoms with E-state index in [4.69, 9.17) is 9.15 Å². The Morgan fingerprint density at radius 1 is 1.00 bits per heavy atom. The molecule has 0 aliphatic carbocycles. The van der Waals surface area contributed by atoms with Crippen LogP contribution in [0.1, 0.15) is 0 Å². The smallest absolute Gasteiger partial charge is 0.336 e. The fraction of sp³-hybridized carbons (Fsp3) is 0.0625. The average Bonchev–Trinajstić information content (AvgIpc) is 2.46. The number of ether oxygens (including phenoxy) is 1. The minimum Gasteiger partial charge on any atom is -0.493 e. The summed E-state index contributed by atoms with van der Waals surface area (Å²) < 4.78 is 10.5. The van der Waals surface area contributed by atoms with Gasteiger partial charge in [-0.15, -0.1) is 0 Å². The topological polar surface area (TPSA) is 39.4 Å². The van der Waals surface area contributed by atoms with Crippen LogP contribution in [0.25, 0.3) is 22.1 Å². The normalized spacial score (nSPS) is 10.6. The molecule has 3 heteroatoms. The maximum absolute atomic E-state index is 11.7. The number of hydrogen-bond acceptors (Lipinski definition) is 3. The number of methoxy groups -OCH3 is 1. The van der Waals surface area contributed by atoms with Crippen LogP contribution < -0.4 is 10.4 Å². The van der Waals surface area contributed by atoms with Crippen molar-refractivity contribution in [2.75, 3.05) is 7.11 Å². The highest BCUT2D eigenvalue weighted by Gasteiger charge is 2.10. The van der Waals surface area contributed by atoms with Gasteiger partial charge in [0.25, 0.3) is 0 Å². The summed E-state index contributed by atoms with van der Waals surface area (Å²) in [5.74, 6) is 0.562. The van der Waals surface area contributed by atoms with Crippen LogP contribution in [0.2, 0.25) is 0 Å². The fourth-order valence-electron chi connectivity index (χ4n) is 2.18. The van der Waals surface area contributed by atoms with E-state index in [-0.39, 0.29) is 5.63 Å². The Morgan fingerprint density at radius 2 is 1.79 bits per heavy atom. The Hall–Kier alpha value is -2.55. The van der Waals surface area contributed by atoms with Gasteiger partial charge in [-0.1, -0.05) is 42.5 Å². The lowest BCUT2D eigenvalue weighted by Gasteiger charge is -2.08. The Balaban J connectivity index is 2.40. The van der Waals surface area contributed by atoms with E-state index in [1.54, 1.807) is 13.2 Å². The van der Waals surface area contributed by atoms with Gasteiger partial charge in [0.1, 0.15) is 0 Å². The van der Waals surface area contributed by atoms with Gasteiger partial charge in [-0.05, 0) is 17.2 Å². The number of para-hydroxylation sites is 1. The molecule has 0 aliphatic rings. The van der Waals surface area contributed by atoms with Crippen LogP contribution in [0.15, 0.2) is 63.8 Å². The highest BCUT2D eigenvalue weighted by molar-refractivity contribution is 5.95. The third-order valence-corrected chi connectivity index (χ3v) is 3.04. The molecule has 0 spiro atoms. The third kappa shape index (κ3) is 1.99. The zero-order valence-corrected chi connectivity index (χ0v) is 10.4. The molecule has 0 saturated carbocycles. The minimum atomic E-state index is -0.379. The predicted molar refractivity (Wildman–Crippen MR) is 74.5 cm³/mol. The highest BCUT2D eigenvalue weighted by Crippen LogP contribution is 2.31. The molecule has 94 valence electrons. The zero-order chi connectivity index (χ0) is 13.2. The molecule has 0 unspecified atom stereocenters. The molecule has 1 aromatic heterocycles. The Labute approximate surface area is 110 Å². The number of benzene rings is 2. The van der Waals surface area contributed by atoms with Crippen LogP contribution in [0.3, 0.4) is 0 Å². The van der Waals surface area contributed by atoms with Crippen molar-refractivity contribution in [2.24, 2.45) is 0 Å². The first kappa shape index (κ1) is 11.5. The summed E-state index contributed by atoms with van der Waals surface area (Å²) in [7, 11) is 1.56. The first-order valence-corrected chi connectivity index (χ1v) is 5.96. The lowest BCUT2D eigenvalue weighted by Crippen LogP contribution is -1.99. The van der Waals surface area contributed by atoms with Gasteiger partial charge in [-0.2, -0.15) is 0 Å². The van der Waals surface area contributed by atoms with Gasteiger partial charge >= 0.3 is 5.63 Å². The van der Waals surface area contributed by atoms with Crippen LogP contribution in [0.4, 0.5) is 0 Å². The van der Waals surface area contributed by atoms with Gasteiger partial charge in [0.15, 0.2) is 11.3 Å². The lowest BCUT2D eigenvalue weighted by atomic mass is 10.0. The van der Waals surface area contributed by atoms with Crippen LogP contribution in [-0.4, -0.2) is 7.11 Å². The maximum atomic E-state index is 11.7. The van der Waals surface area contributed by atoms with Crippen molar-refractivity contribution in [1.82, 2.24) is 0 Å². The number of fused-ring (bicyclic) bond motifs is 1. The van der Waals surface area contributed by atoms with Crippen LogP contribution in [0.5, 0.6) is 5.75 Å². The van der Waals surface area contributed by atoms with Crippen LogP contribution in [0, 0.1) is 0 Å². The summed E-state index contributed by atoms with van der Waals surface area (Å²) in [5.41, 5.74) is 1.94. The van der Waals surface area contributed by atoms with Gasteiger partial charge in [0, 0.05) is 11.5 Å². The highest BCUT2D eigenvalue weighted by atomic mass is 16.5. The fourth-order valence-corrected chi connectivity index (χ4v) is 2.18. The Morgan fingerprint density at radius 3 is 2.53 bits per heavy atom. The van der Waals surface area contributed by atoms with E-state index in [0.717, 1.165) is 16.5 Å². The predicted octanol–water partition coefficient (Wildman–Crippen LogP) is 3.47. The first-order chi connectivity index (χ1) is 9.29. The van der Waals surface area contributed by atoms with Crippen molar-refractivity contribution < 1.29 is 9.15 Å². The van der Waals surface area contributed by atoms with Crippen molar-refractivity contribution in [2.45, 2.75) is 0 Å². The van der Waals surface area contributed by atoms with E-state index in [1.165, 1.54) is 6.07 Å². The lowest BCUT2D eigenvalue weighted by molar-refractivity contribution is 0.407. The molecule has 3 aromatic rings. The number of rotatable bonds is 2. The largest absolute Gasteiger partial charge is 0.493 e. The Bertz CT molecular complexity index is 773. The number of hydrogen-bond donors (Lipinski definition) is 0. The summed E-state index contributed by atoms with van der Waals surface area (Å²) >= 11 is 0. The van der Waals surface area contributed by atoms with Crippen LogP contribution in [-0.2, 0) is 0 Å². The molecule has 0 N–H and O–H groups in total. The van der Waals surface area contributed by atoms with E-state index < -0.39 is 0 Å². The summed E-state index contributed by atoms with van der Waals surface area (Å²) in [4.78, 5) is 11.7. The molecule has 3 nitrogen and oxygen atoms in total. The summed E-state index contributed by atoms with van der Waals surface area (Å²) in [5, 5.41) is 0.866. The summed E-state index contributed by atoms with van der Waals surface area (Å²) in [6.07, 6.45) is 0. The molecular weight excluding hydrogens is 240 g/mol. The second-order valence-corrected chi connectivity index (χ2v) is 4.18. The van der Waals surface area contributed by atoms with Crippen LogP contribution >= 0.6 is 0 Å². The van der Waals surface area contributed by atoms with Crippen molar-refractivity contribution >= 4 is 11.0 Å². The molecule has 3 rings (SSSR count). The molecule has 2 aromatic carbocycles. The molecule has 0 radical (unpaired) electrons. The van der Waals surface area contributed by atoms with Crippen molar-refractivity contribution in [1.29, 1.82) is 0 Å². The van der Waals surface area contributed by atoms with Crippen molar-refractivity contribution in [3.63, 3.8) is 0 Å². The van der Waals surface area contributed by atoms with Crippen molar-refractivity contribution in [3.8, 4) is 16.9 Å². The van der Waals surface area contributed by atoms with Crippen molar-refractivity contribution in [3.05, 3.63) is 65.0 Å². The molecular formula is C16H12O3. The van der Waals surface area contributed by atoms with E-state index in [1.807, 2.05) is 42.5 Å². The average molecular weight is 252 g/mol. The molecule has 19 heavy (non-hydrogen) atoms. The van der Waals surface area contributed by atoms with E-state index >= 15 is 0 Å². The first-order valence-electron chi connectivity index (χ1n) is 5.96. The molecule has 0 amide bonds. The van der Waals surface area contributed by atoms with Gasteiger partial charge in [0.2, 0.25) is 0 Å². The van der Waals surface area contributed by atoms with E-state index in [9.17, 15) is 4.79 Å². The molecule has 1 heterocycles. The SMILES string of the molecule is COc1cccc2c(-c3ccccc3)cc(=O)oc12. The van der Waals surface area contributed by atoms with Gasteiger partial charge < -0.3 is 9.15 Å². The molecule has 0 bridgehead atoms. The zero-order valence-electron chi connectivity index (χ0n) is 10.4. The van der Waals surface area contributed by atoms with Gasteiger partial charge in [-0.25, -0.2) is 4.79 Å². The molecule has 0 saturated heterocycles. The third-order valence-electron chi connectivity index (χ3n) is 3.04. The quantitative estimate of drug-likeness (QED) is 0.655. The Kier molecular flexibility index (Phi) is 2.80. The molecule has 0 aliphatic heterocycles. The monoisotopic (exact) mass is 252 g/mol. The standard InChI is InChI=1S/C16H12O3/c1-18-14-9-5-8-12-13(10-15(17)19-16(12)14)11-6-3-2-4-7-11/h2-10H,1H3. The molecule has 0 fully saturated rings. The molecule has 0 atom stereocenters. The van der Waals surface area contributed by atoms with E-state index in [0.29, 0.717) is 11.3 Å². The van der Waals surface area contributed by atoms with Gasteiger partial charge in [-0.3, -0.25) is 0 Å².